The predicted octanol–water partition coefficient (Wildman–Crippen LogP) is 1.94. The van der Waals surface area contributed by atoms with Gasteiger partial charge in [0.05, 0.1) is 29.7 Å². The lowest BCUT2D eigenvalue weighted by atomic mass is 10.2. The van der Waals surface area contributed by atoms with E-state index in [0.29, 0.717) is 17.9 Å². The number of hydrogen-bond donors (Lipinski definition) is 1. The second kappa shape index (κ2) is 4.91. The number of rotatable bonds is 3. The average Bonchev–Trinajstić information content (AvgIpc) is 2.76. The minimum atomic E-state index is -0.368. The third kappa shape index (κ3) is 2.34. The summed E-state index contributed by atoms with van der Waals surface area (Å²) in [5.74, 6) is -0.368. The number of esters is 1. The van der Waals surface area contributed by atoms with Crippen molar-refractivity contribution in [1.82, 2.24) is 9.78 Å². The van der Waals surface area contributed by atoms with Crippen LogP contribution in [0.5, 0.6) is 0 Å². The largest absolute Gasteiger partial charge is 0.462 e. The van der Waals surface area contributed by atoms with Crippen molar-refractivity contribution in [2.75, 3.05) is 12.3 Å². The number of carbonyl (C=O) groups is 1. The molecule has 5 nitrogen and oxygen atoms in total. The van der Waals surface area contributed by atoms with E-state index in [9.17, 15) is 4.79 Å². The summed E-state index contributed by atoms with van der Waals surface area (Å²) >= 11 is 0. The minimum absolute atomic E-state index is 0.346. The molecule has 2 rings (SSSR count). The molecule has 0 unspecified atom stereocenters. The van der Waals surface area contributed by atoms with Crippen LogP contribution in [-0.4, -0.2) is 22.4 Å². The maximum Gasteiger partial charge on any atom is 0.338 e. The molecule has 0 fully saturated rings. The molecule has 0 radical (unpaired) electrons. The highest BCUT2D eigenvalue weighted by atomic mass is 16.5. The van der Waals surface area contributed by atoms with Gasteiger partial charge in [0.15, 0.2) is 0 Å². The highest BCUT2D eigenvalue weighted by molar-refractivity contribution is 5.91. The van der Waals surface area contributed by atoms with Crippen molar-refractivity contribution in [2.24, 2.45) is 0 Å². The van der Waals surface area contributed by atoms with Gasteiger partial charge < -0.3 is 10.5 Å². The van der Waals surface area contributed by atoms with Gasteiger partial charge in [-0.1, -0.05) is 0 Å². The molecule has 0 aliphatic carbocycles. The summed E-state index contributed by atoms with van der Waals surface area (Å²) in [5.41, 5.74) is 8.66. The SMILES string of the molecule is CCOC(=O)c1ccc(-n2cc(C)cn2)c(N)c1. The standard InChI is InChI=1S/C13H15N3O2/c1-3-18-13(17)10-4-5-12(11(14)6-10)16-8-9(2)7-15-16/h4-8H,3,14H2,1-2H3. The smallest absolute Gasteiger partial charge is 0.338 e. The minimum Gasteiger partial charge on any atom is -0.462 e. The number of nitrogens with zero attached hydrogens (tertiary/aromatic N) is 2. The lowest BCUT2D eigenvalue weighted by Gasteiger charge is -2.08. The fraction of sp³-hybridized carbons (Fsp3) is 0.231. The fourth-order valence-corrected chi connectivity index (χ4v) is 1.65. The van der Waals surface area contributed by atoms with Crippen molar-refractivity contribution in [3.8, 4) is 5.69 Å². The molecule has 0 saturated carbocycles. The summed E-state index contributed by atoms with van der Waals surface area (Å²) in [7, 11) is 0. The van der Waals surface area contributed by atoms with Crippen molar-refractivity contribution in [3.05, 3.63) is 41.7 Å². The maximum absolute atomic E-state index is 11.5. The first kappa shape index (κ1) is 12.2. The molecule has 0 amide bonds. The molecule has 2 aromatic rings. The van der Waals surface area contributed by atoms with E-state index < -0.39 is 0 Å². The van der Waals surface area contributed by atoms with Gasteiger partial charge in [-0.3, -0.25) is 0 Å². The predicted molar refractivity (Wildman–Crippen MR) is 68.7 cm³/mol. The first-order valence-corrected chi connectivity index (χ1v) is 5.70. The molecule has 5 heteroatoms. The number of hydrogen-bond acceptors (Lipinski definition) is 4. The highest BCUT2D eigenvalue weighted by Crippen LogP contribution is 2.19. The third-order valence-electron chi connectivity index (χ3n) is 2.50. The van der Waals surface area contributed by atoms with Crippen LogP contribution in [0.15, 0.2) is 30.6 Å². The molecule has 0 aliphatic rings. The normalized spacial score (nSPS) is 10.3. The molecule has 2 N–H and O–H groups in total. The van der Waals surface area contributed by atoms with Crippen LogP contribution in [0, 0.1) is 6.92 Å². The Morgan fingerprint density at radius 3 is 2.83 bits per heavy atom. The van der Waals surface area contributed by atoms with Gasteiger partial charge in [-0.05, 0) is 37.6 Å². The Hall–Kier alpha value is -2.30. The van der Waals surface area contributed by atoms with Crippen LogP contribution in [0.4, 0.5) is 5.69 Å². The Labute approximate surface area is 105 Å². The molecular formula is C13H15N3O2. The summed E-state index contributed by atoms with van der Waals surface area (Å²) < 4.78 is 6.60. The first-order chi connectivity index (χ1) is 8.61. The van der Waals surface area contributed by atoms with Crippen LogP contribution in [0.1, 0.15) is 22.8 Å². The Kier molecular flexibility index (Phi) is 3.32. The lowest BCUT2D eigenvalue weighted by Crippen LogP contribution is -2.07. The van der Waals surface area contributed by atoms with Gasteiger partial charge in [0.2, 0.25) is 0 Å². The summed E-state index contributed by atoms with van der Waals surface area (Å²) in [4.78, 5) is 11.5. The van der Waals surface area contributed by atoms with Gasteiger partial charge in [-0.25, -0.2) is 9.48 Å². The van der Waals surface area contributed by atoms with Crippen molar-refractivity contribution in [1.29, 1.82) is 0 Å². The van der Waals surface area contributed by atoms with Crippen molar-refractivity contribution in [3.63, 3.8) is 0 Å². The molecule has 94 valence electrons. The number of carbonyl (C=O) groups excluding carboxylic acids is 1. The summed E-state index contributed by atoms with van der Waals surface area (Å²) in [6.45, 7) is 4.06. The monoisotopic (exact) mass is 245 g/mol. The van der Waals surface area contributed by atoms with E-state index in [-0.39, 0.29) is 5.97 Å². The molecule has 1 heterocycles. The average molecular weight is 245 g/mol. The number of anilines is 1. The third-order valence-corrected chi connectivity index (χ3v) is 2.50. The fourth-order valence-electron chi connectivity index (χ4n) is 1.65. The summed E-state index contributed by atoms with van der Waals surface area (Å²) in [6.07, 6.45) is 3.62. The quantitative estimate of drug-likeness (QED) is 0.662. The summed E-state index contributed by atoms with van der Waals surface area (Å²) in [5, 5.41) is 4.18. The van der Waals surface area contributed by atoms with Crippen LogP contribution in [-0.2, 0) is 4.74 Å². The molecular weight excluding hydrogens is 230 g/mol. The summed E-state index contributed by atoms with van der Waals surface area (Å²) in [6, 6.07) is 5.04. The molecule has 0 spiro atoms. The number of nitrogen functional groups attached to an aromatic ring is 1. The first-order valence-electron chi connectivity index (χ1n) is 5.70. The van der Waals surface area contributed by atoms with Crippen molar-refractivity contribution in [2.45, 2.75) is 13.8 Å². The van der Waals surface area contributed by atoms with E-state index in [1.165, 1.54) is 0 Å². The zero-order chi connectivity index (χ0) is 13.1. The Bertz CT molecular complexity index is 575. The number of aromatic nitrogens is 2. The van der Waals surface area contributed by atoms with E-state index >= 15 is 0 Å². The Morgan fingerprint density at radius 2 is 2.28 bits per heavy atom. The van der Waals surface area contributed by atoms with E-state index in [2.05, 4.69) is 5.10 Å². The van der Waals surface area contributed by atoms with Gasteiger partial charge in [0.25, 0.3) is 0 Å². The Morgan fingerprint density at radius 1 is 1.50 bits per heavy atom. The topological polar surface area (TPSA) is 70.1 Å². The van der Waals surface area contributed by atoms with E-state index in [0.717, 1.165) is 11.3 Å². The number of benzene rings is 1. The van der Waals surface area contributed by atoms with Crippen LogP contribution in [0.2, 0.25) is 0 Å². The number of aryl methyl sites for hydroxylation is 1. The second-order valence-corrected chi connectivity index (χ2v) is 3.96. The van der Waals surface area contributed by atoms with Crippen LogP contribution >= 0.6 is 0 Å². The van der Waals surface area contributed by atoms with Crippen molar-refractivity contribution >= 4 is 11.7 Å². The molecule has 0 aliphatic heterocycles. The second-order valence-electron chi connectivity index (χ2n) is 3.96. The molecule has 18 heavy (non-hydrogen) atoms. The molecule has 0 atom stereocenters. The number of nitrogens with two attached hydrogens (primary N) is 1. The van der Waals surface area contributed by atoms with E-state index in [1.807, 2.05) is 13.1 Å². The van der Waals surface area contributed by atoms with Crippen LogP contribution in [0.3, 0.4) is 0 Å². The zero-order valence-corrected chi connectivity index (χ0v) is 10.4. The zero-order valence-electron chi connectivity index (χ0n) is 10.4. The lowest BCUT2D eigenvalue weighted by molar-refractivity contribution is 0.0526. The molecule has 0 saturated heterocycles. The van der Waals surface area contributed by atoms with E-state index in [4.69, 9.17) is 10.5 Å². The molecule has 0 bridgehead atoms. The van der Waals surface area contributed by atoms with Gasteiger partial charge in [0.1, 0.15) is 0 Å². The van der Waals surface area contributed by atoms with E-state index in [1.54, 1.807) is 36.0 Å². The van der Waals surface area contributed by atoms with Crippen molar-refractivity contribution < 1.29 is 9.53 Å². The van der Waals surface area contributed by atoms with Gasteiger partial charge in [-0.15, -0.1) is 0 Å². The van der Waals surface area contributed by atoms with Gasteiger partial charge >= 0.3 is 5.97 Å². The highest BCUT2D eigenvalue weighted by Gasteiger charge is 2.10. The van der Waals surface area contributed by atoms with Gasteiger partial charge in [-0.2, -0.15) is 5.10 Å². The number of ether oxygens (including phenoxy) is 1. The van der Waals surface area contributed by atoms with Gasteiger partial charge in [0, 0.05) is 6.20 Å². The molecule has 1 aromatic heterocycles. The van der Waals surface area contributed by atoms with Crippen LogP contribution in [0.25, 0.3) is 5.69 Å². The maximum atomic E-state index is 11.5. The molecule has 1 aromatic carbocycles. The Balaban J connectivity index is 2.33. The van der Waals surface area contributed by atoms with Crippen LogP contribution < -0.4 is 5.73 Å².